The van der Waals surface area contributed by atoms with E-state index in [2.05, 4.69) is 14.7 Å². The van der Waals surface area contributed by atoms with Crippen molar-refractivity contribution in [1.82, 2.24) is 9.97 Å². The lowest BCUT2D eigenvalue weighted by Gasteiger charge is -2.33. The largest absolute Gasteiger partial charge is 0.489 e. The number of nitrogens with two attached hydrogens (primary N) is 1. The van der Waals surface area contributed by atoms with E-state index in [-0.39, 0.29) is 22.3 Å². The van der Waals surface area contributed by atoms with Crippen LogP contribution in [0.3, 0.4) is 0 Å². The molecule has 1 aromatic heterocycles. The highest BCUT2D eigenvalue weighted by atomic mass is 32.3. The van der Waals surface area contributed by atoms with E-state index >= 15 is 0 Å². The number of anilines is 2. The molecular weight excluding hydrogens is 296 g/mol. The van der Waals surface area contributed by atoms with Crippen LogP contribution in [0.5, 0.6) is 11.6 Å². The summed E-state index contributed by atoms with van der Waals surface area (Å²) < 4.78 is 33.2. The fraction of sp³-hybridized carbons (Fsp3) is 0.167. The van der Waals surface area contributed by atoms with E-state index < -0.39 is 10.8 Å². The number of rotatable bonds is 5. The fourth-order valence-corrected chi connectivity index (χ4v) is 2.66. The molecule has 5 N–H and O–H groups in total. The summed E-state index contributed by atoms with van der Waals surface area (Å²) in [6.07, 6.45) is 1.22. The summed E-state index contributed by atoms with van der Waals surface area (Å²) in [6, 6.07) is 6.18. The molecule has 0 bridgehead atoms. The van der Waals surface area contributed by atoms with Crippen molar-refractivity contribution in [2.45, 2.75) is 4.90 Å². The van der Waals surface area contributed by atoms with Crippen molar-refractivity contribution in [2.24, 2.45) is 0 Å². The van der Waals surface area contributed by atoms with Crippen molar-refractivity contribution in [2.75, 3.05) is 24.7 Å². The Bertz CT molecular complexity index is 621. The molecule has 0 spiro atoms. The first-order valence-corrected chi connectivity index (χ1v) is 7.37. The molecule has 0 fully saturated rings. The van der Waals surface area contributed by atoms with E-state index in [0.717, 1.165) is 0 Å². The van der Waals surface area contributed by atoms with Crippen molar-refractivity contribution in [3.8, 4) is 11.6 Å². The summed E-state index contributed by atoms with van der Waals surface area (Å²) in [4.78, 5) is 8.08. The van der Waals surface area contributed by atoms with Gasteiger partial charge in [0, 0.05) is 5.69 Å². The summed E-state index contributed by atoms with van der Waals surface area (Å²) in [7, 11) is -0.492. The fourth-order valence-electron chi connectivity index (χ4n) is 1.61. The van der Waals surface area contributed by atoms with Gasteiger partial charge in [-0.2, -0.15) is 4.98 Å². The van der Waals surface area contributed by atoms with Crippen LogP contribution >= 0.6 is 10.8 Å². The maximum Gasteiger partial charge on any atom is 0.262 e. The van der Waals surface area contributed by atoms with E-state index in [9.17, 15) is 9.11 Å². The number of benzene rings is 1. The van der Waals surface area contributed by atoms with Gasteiger partial charge in [-0.3, -0.25) is 13.8 Å². The molecule has 9 heteroatoms. The summed E-state index contributed by atoms with van der Waals surface area (Å²) in [5.41, 5.74) is 6.10. The second-order valence-corrected chi connectivity index (χ2v) is 5.76. The van der Waals surface area contributed by atoms with Gasteiger partial charge in [-0.05, 0) is 24.3 Å². The highest BCUT2D eigenvalue weighted by Crippen LogP contribution is 2.49. The van der Waals surface area contributed by atoms with Gasteiger partial charge in [-0.25, -0.2) is 4.98 Å². The predicted molar refractivity (Wildman–Crippen MR) is 80.7 cm³/mol. The smallest absolute Gasteiger partial charge is 0.262 e. The molecule has 0 aliphatic carbocycles. The average molecular weight is 312 g/mol. The highest BCUT2D eigenvalue weighted by molar-refractivity contribution is 8.25. The number of methoxy groups -OCH3 is 2. The Morgan fingerprint density at radius 3 is 2.33 bits per heavy atom. The van der Waals surface area contributed by atoms with E-state index in [1.54, 1.807) is 12.1 Å². The topological polar surface area (TPSA) is 123 Å². The first kappa shape index (κ1) is 15.2. The molecule has 1 aromatic carbocycles. The van der Waals surface area contributed by atoms with Gasteiger partial charge in [0.15, 0.2) is 5.82 Å². The summed E-state index contributed by atoms with van der Waals surface area (Å²) in [6.45, 7) is 0. The Hall–Kier alpha value is -2.23. The Kier molecular flexibility index (Phi) is 4.36. The number of nitrogens with one attached hydrogen (secondary N) is 1. The van der Waals surface area contributed by atoms with Crippen LogP contribution < -0.4 is 19.9 Å². The molecule has 2 aromatic rings. The maximum absolute atomic E-state index is 10.2. The lowest BCUT2D eigenvalue weighted by atomic mass is 10.3. The molecule has 0 aliphatic rings. The van der Waals surface area contributed by atoms with Gasteiger partial charge in [-0.1, -0.05) is 10.8 Å². The predicted octanol–water partition coefficient (Wildman–Crippen LogP) is 2.21. The van der Waals surface area contributed by atoms with Crippen LogP contribution in [0.4, 0.5) is 11.5 Å². The molecule has 0 radical (unpaired) electrons. The number of hydrogen-bond acceptors (Lipinski definition) is 8. The third-order valence-electron chi connectivity index (χ3n) is 2.62. The second-order valence-electron chi connectivity index (χ2n) is 3.98. The zero-order valence-electron chi connectivity index (χ0n) is 11.5. The molecule has 2 rings (SSSR count). The summed E-state index contributed by atoms with van der Waals surface area (Å²) >= 11 is 0. The van der Waals surface area contributed by atoms with Gasteiger partial charge < -0.3 is 15.2 Å². The molecule has 0 saturated heterocycles. The standard InChI is InChI=1S/C12H16N4O4S/c1-19-10-11(14-7-15-12(10)20-2)16-21(17,18)9-5-3-8(13)4-6-9/h3-7,17-18H,13H2,1-2H3,(H,14,15,16). The van der Waals surface area contributed by atoms with Gasteiger partial charge in [0.1, 0.15) is 6.33 Å². The Morgan fingerprint density at radius 2 is 1.76 bits per heavy atom. The van der Waals surface area contributed by atoms with E-state index in [0.29, 0.717) is 5.69 Å². The molecule has 114 valence electrons. The van der Waals surface area contributed by atoms with Gasteiger partial charge in [0.05, 0.1) is 19.1 Å². The van der Waals surface area contributed by atoms with Gasteiger partial charge in [-0.15, -0.1) is 0 Å². The summed E-state index contributed by atoms with van der Waals surface area (Å²) in [5.74, 6) is 0.471. The van der Waals surface area contributed by atoms with Crippen LogP contribution in [-0.4, -0.2) is 33.3 Å². The molecular formula is C12H16N4O4S. The van der Waals surface area contributed by atoms with Crippen LogP contribution in [0.15, 0.2) is 35.5 Å². The quantitative estimate of drug-likeness (QED) is 0.620. The van der Waals surface area contributed by atoms with Crippen molar-refractivity contribution in [1.29, 1.82) is 0 Å². The number of nitrogen functional groups attached to an aromatic ring is 1. The lowest BCUT2D eigenvalue weighted by Crippen LogP contribution is -2.12. The molecule has 0 aliphatic heterocycles. The number of nitrogens with zero attached hydrogens (tertiary/aromatic N) is 2. The molecule has 21 heavy (non-hydrogen) atoms. The molecule has 0 atom stereocenters. The summed E-state index contributed by atoms with van der Waals surface area (Å²) in [5, 5.41) is 0. The third-order valence-corrected chi connectivity index (χ3v) is 4.02. The van der Waals surface area contributed by atoms with Crippen LogP contribution in [0.2, 0.25) is 0 Å². The third kappa shape index (κ3) is 3.27. The monoisotopic (exact) mass is 312 g/mol. The van der Waals surface area contributed by atoms with Crippen molar-refractivity contribution < 1.29 is 18.6 Å². The van der Waals surface area contributed by atoms with Crippen LogP contribution in [0, 0.1) is 0 Å². The lowest BCUT2D eigenvalue weighted by molar-refractivity contribution is 0.342. The van der Waals surface area contributed by atoms with Gasteiger partial charge in [0.2, 0.25) is 5.75 Å². The van der Waals surface area contributed by atoms with Crippen molar-refractivity contribution >= 4 is 22.3 Å². The van der Waals surface area contributed by atoms with Crippen molar-refractivity contribution in [3.63, 3.8) is 0 Å². The molecule has 8 nitrogen and oxygen atoms in total. The van der Waals surface area contributed by atoms with Crippen LogP contribution in [0.1, 0.15) is 0 Å². The maximum atomic E-state index is 10.2. The van der Waals surface area contributed by atoms with E-state index in [1.165, 1.54) is 32.7 Å². The second kappa shape index (κ2) is 6.04. The zero-order valence-corrected chi connectivity index (χ0v) is 12.3. The van der Waals surface area contributed by atoms with Crippen LogP contribution in [-0.2, 0) is 0 Å². The van der Waals surface area contributed by atoms with Gasteiger partial charge >= 0.3 is 0 Å². The van der Waals surface area contributed by atoms with Crippen molar-refractivity contribution in [3.05, 3.63) is 30.6 Å². The first-order valence-electron chi connectivity index (χ1n) is 5.82. The molecule has 0 saturated carbocycles. The first-order chi connectivity index (χ1) is 9.97. The van der Waals surface area contributed by atoms with E-state index in [1.807, 2.05) is 0 Å². The normalized spacial score (nSPS) is 11.8. The number of hydrogen-bond donors (Lipinski definition) is 4. The highest BCUT2D eigenvalue weighted by Gasteiger charge is 2.21. The minimum atomic E-state index is -3.32. The number of aromatic nitrogens is 2. The molecule has 0 amide bonds. The zero-order chi connectivity index (χ0) is 15.5. The molecule has 1 heterocycles. The minimum Gasteiger partial charge on any atom is -0.489 e. The minimum absolute atomic E-state index is 0.112. The van der Waals surface area contributed by atoms with Gasteiger partial charge in [0.25, 0.3) is 5.88 Å². The Balaban J connectivity index is 2.34. The Labute approximate surface area is 123 Å². The average Bonchev–Trinajstić information content (AvgIpc) is 2.47. The van der Waals surface area contributed by atoms with Crippen LogP contribution in [0.25, 0.3) is 0 Å². The Morgan fingerprint density at radius 1 is 1.10 bits per heavy atom. The van der Waals surface area contributed by atoms with E-state index in [4.69, 9.17) is 15.2 Å². The SMILES string of the molecule is COc1ncnc(NS(O)(O)c2ccc(N)cc2)c1OC. The number of ether oxygens (including phenoxy) is 2. The molecule has 0 unspecified atom stereocenters.